The van der Waals surface area contributed by atoms with Crippen molar-refractivity contribution in [1.29, 1.82) is 0 Å². The molecule has 2 bridgehead atoms. The lowest BCUT2D eigenvalue weighted by molar-refractivity contribution is 0.0520. The Hall–Kier alpha value is -2.28. The van der Waals surface area contributed by atoms with Crippen molar-refractivity contribution in [2.24, 2.45) is 0 Å². The van der Waals surface area contributed by atoms with E-state index in [0.29, 0.717) is 37.9 Å². The summed E-state index contributed by atoms with van der Waals surface area (Å²) in [6.07, 6.45) is 7.26. The standard InChI is InChI=1S/C27H39N3O4/c1-3-33-25(31)29-18-20-7-5-6-8-24(20)27(19-29)13-15-28(16-14-27)22-11-9-21-10-12-23(17-22)30(21)26(32)34-4-2/h5-8,21-23H,3-4,9-19H2,1-2H3. The number of amides is 2. The molecule has 1 aromatic carbocycles. The molecule has 3 unspecified atom stereocenters. The van der Waals surface area contributed by atoms with Crippen molar-refractivity contribution >= 4 is 12.2 Å². The minimum atomic E-state index is -0.197. The van der Waals surface area contributed by atoms with Gasteiger partial charge in [0.1, 0.15) is 0 Å². The highest BCUT2D eigenvalue weighted by atomic mass is 16.6. The molecule has 4 aliphatic rings. The van der Waals surface area contributed by atoms with E-state index >= 15 is 0 Å². The predicted octanol–water partition coefficient (Wildman–Crippen LogP) is 4.53. The van der Waals surface area contributed by atoms with E-state index in [9.17, 15) is 9.59 Å². The zero-order chi connectivity index (χ0) is 23.7. The molecule has 7 heteroatoms. The highest BCUT2D eigenvalue weighted by Crippen LogP contribution is 2.44. The van der Waals surface area contributed by atoms with Gasteiger partial charge in [0.25, 0.3) is 0 Å². The van der Waals surface area contributed by atoms with E-state index in [2.05, 4.69) is 34.1 Å². The number of benzene rings is 1. The third-order valence-corrected chi connectivity index (χ3v) is 8.72. The third-order valence-electron chi connectivity index (χ3n) is 8.72. The molecule has 34 heavy (non-hydrogen) atoms. The van der Waals surface area contributed by atoms with Gasteiger partial charge < -0.3 is 24.2 Å². The molecular weight excluding hydrogens is 430 g/mol. The number of hydrogen-bond acceptors (Lipinski definition) is 5. The van der Waals surface area contributed by atoms with Gasteiger partial charge >= 0.3 is 12.2 Å². The first kappa shape index (κ1) is 23.5. The lowest BCUT2D eigenvalue weighted by Crippen LogP contribution is -2.55. The molecule has 3 atom stereocenters. The van der Waals surface area contributed by atoms with Crippen LogP contribution < -0.4 is 0 Å². The highest BCUT2D eigenvalue weighted by Gasteiger charge is 2.46. The van der Waals surface area contributed by atoms with Gasteiger partial charge in [-0.25, -0.2) is 9.59 Å². The van der Waals surface area contributed by atoms with E-state index in [0.717, 1.165) is 64.6 Å². The molecule has 0 saturated carbocycles. The number of hydrogen-bond donors (Lipinski definition) is 0. The number of fused-ring (bicyclic) bond motifs is 4. The Morgan fingerprint density at radius 3 is 2.29 bits per heavy atom. The Balaban J connectivity index is 1.29. The van der Waals surface area contributed by atoms with Gasteiger partial charge in [0.2, 0.25) is 0 Å². The first-order chi connectivity index (χ1) is 16.5. The number of ether oxygens (including phenoxy) is 2. The second kappa shape index (κ2) is 9.76. The fraction of sp³-hybridized carbons (Fsp3) is 0.704. The van der Waals surface area contributed by atoms with E-state index in [4.69, 9.17) is 9.47 Å². The number of carbonyl (C=O) groups is 2. The normalized spacial score (nSPS) is 28.4. The summed E-state index contributed by atoms with van der Waals surface area (Å²) in [6, 6.07) is 9.82. The Morgan fingerprint density at radius 1 is 0.912 bits per heavy atom. The molecule has 0 aliphatic carbocycles. The predicted molar refractivity (Wildman–Crippen MR) is 130 cm³/mol. The van der Waals surface area contributed by atoms with Gasteiger partial charge in [-0.15, -0.1) is 0 Å². The first-order valence-electron chi connectivity index (χ1n) is 13.2. The van der Waals surface area contributed by atoms with Crippen molar-refractivity contribution in [3.05, 3.63) is 35.4 Å². The molecular formula is C27H39N3O4. The summed E-state index contributed by atoms with van der Waals surface area (Å²) < 4.78 is 10.8. The van der Waals surface area contributed by atoms with Crippen molar-refractivity contribution in [3.63, 3.8) is 0 Å². The van der Waals surface area contributed by atoms with E-state index < -0.39 is 0 Å². The van der Waals surface area contributed by atoms with E-state index in [-0.39, 0.29) is 17.6 Å². The second-order valence-electron chi connectivity index (χ2n) is 10.5. The number of likely N-dealkylation sites (tertiary alicyclic amines) is 1. The zero-order valence-electron chi connectivity index (χ0n) is 20.7. The summed E-state index contributed by atoms with van der Waals surface area (Å²) in [4.78, 5) is 31.9. The lowest BCUT2D eigenvalue weighted by Gasteiger charge is -2.49. The van der Waals surface area contributed by atoms with Crippen LogP contribution >= 0.6 is 0 Å². The molecule has 0 aromatic heterocycles. The Bertz CT molecular complexity index is 898. The summed E-state index contributed by atoms with van der Waals surface area (Å²) in [6.45, 7) is 8.04. The van der Waals surface area contributed by atoms with Gasteiger partial charge in [0.15, 0.2) is 0 Å². The summed E-state index contributed by atoms with van der Waals surface area (Å²) in [7, 11) is 0. The van der Waals surface area contributed by atoms with Crippen molar-refractivity contribution in [2.75, 3.05) is 32.8 Å². The number of piperidine rings is 1. The molecule has 5 rings (SSSR count). The Kier molecular flexibility index (Phi) is 6.74. The summed E-state index contributed by atoms with van der Waals surface area (Å²) in [5.41, 5.74) is 2.68. The van der Waals surface area contributed by atoms with E-state index in [1.54, 1.807) is 0 Å². The molecule has 4 aliphatic heterocycles. The average molecular weight is 470 g/mol. The average Bonchev–Trinajstić information content (AvgIpc) is 3.14. The van der Waals surface area contributed by atoms with Crippen LogP contribution in [-0.4, -0.2) is 77.9 Å². The summed E-state index contributed by atoms with van der Waals surface area (Å²) in [5.74, 6) is 0. The second-order valence-corrected chi connectivity index (χ2v) is 10.5. The van der Waals surface area contributed by atoms with Crippen molar-refractivity contribution in [1.82, 2.24) is 14.7 Å². The van der Waals surface area contributed by atoms with Crippen LogP contribution in [0.1, 0.15) is 69.9 Å². The Labute approximate surface area is 203 Å². The van der Waals surface area contributed by atoms with Crippen LogP contribution in [0.4, 0.5) is 9.59 Å². The third kappa shape index (κ3) is 4.28. The summed E-state index contributed by atoms with van der Waals surface area (Å²) in [5, 5.41) is 0. The van der Waals surface area contributed by atoms with Crippen LogP contribution in [-0.2, 0) is 21.4 Å². The van der Waals surface area contributed by atoms with Crippen LogP contribution in [0, 0.1) is 0 Å². The maximum Gasteiger partial charge on any atom is 0.410 e. The molecule has 0 N–H and O–H groups in total. The Morgan fingerprint density at radius 2 is 1.56 bits per heavy atom. The zero-order valence-corrected chi connectivity index (χ0v) is 20.7. The number of rotatable bonds is 3. The molecule has 4 heterocycles. The smallest absolute Gasteiger partial charge is 0.410 e. The lowest BCUT2D eigenvalue weighted by atomic mass is 9.68. The molecule has 186 valence electrons. The molecule has 3 fully saturated rings. The van der Waals surface area contributed by atoms with Crippen molar-refractivity contribution in [2.45, 2.75) is 88.9 Å². The van der Waals surface area contributed by atoms with Crippen molar-refractivity contribution in [3.8, 4) is 0 Å². The maximum absolute atomic E-state index is 12.6. The van der Waals surface area contributed by atoms with Crippen LogP contribution in [0.25, 0.3) is 0 Å². The topological polar surface area (TPSA) is 62.3 Å². The quantitative estimate of drug-likeness (QED) is 0.651. The van der Waals surface area contributed by atoms with Crippen LogP contribution in [0.15, 0.2) is 24.3 Å². The largest absolute Gasteiger partial charge is 0.450 e. The fourth-order valence-electron chi connectivity index (χ4n) is 7.10. The molecule has 1 spiro atoms. The minimum absolute atomic E-state index is 0.00118. The minimum Gasteiger partial charge on any atom is -0.450 e. The van der Waals surface area contributed by atoms with Gasteiger partial charge in [-0.1, -0.05) is 24.3 Å². The number of carbonyl (C=O) groups excluding carboxylic acids is 2. The number of nitrogens with zero attached hydrogens (tertiary/aromatic N) is 3. The molecule has 1 aromatic rings. The van der Waals surface area contributed by atoms with E-state index in [1.165, 1.54) is 11.1 Å². The highest BCUT2D eigenvalue weighted by molar-refractivity contribution is 5.69. The van der Waals surface area contributed by atoms with Gasteiger partial charge in [-0.05, 0) is 83.0 Å². The monoisotopic (exact) mass is 469 g/mol. The summed E-state index contributed by atoms with van der Waals surface area (Å²) >= 11 is 0. The molecule has 0 radical (unpaired) electrons. The first-order valence-corrected chi connectivity index (χ1v) is 13.2. The van der Waals surface area contributed by atoms with Gasteiger partial charge in [0, 0.05) is 36.6 Å². The SMILES string of the molecule is CCOC(=O)N1Cc2ccccc2C2(CCN(C3CCC4CCC(C3)N4C(=O)OCC)CC2)C1. The maximum atomic E-state index is 12.6. The molecule has 7 nitrogen and oxygen atoms in total. The van der Waals surface area contributed by atoms with Gasteiger partial charge in [0.05, 0.1) is 13.2 Å². The molecule has 2 amide bonds. The van der Waals surface area contributed by atoms with E-state index in [1.807, 2.05) is 18.7 Å². The fourth-order valence-corrected chi connectivity index (χ4v) is 7.10. The van der Waals surface area contributed by atoms with Crippen LogP contribution in [0.5, 0.6) is 0 Å². The van der Waals surface area contributed by atoms with Crippen molar-refractivity contribution < 1.29 is 19.1 Å². The van der Waals surface area contributed by atoms with Crippen LogP contribution in [0.2, 0.25) is 0 Å². The molecule has 3 saturated heterocycles. The van der Waals surface area contributed by atoms with Gasteiger partial charge in [-0.3, -0.25) is 0 Å². The van der Waals surface area contributed by atoms with Gasteiger partial charge in [-0.2, -0.15) is 0 Å². The van der Waals surface area contributed by atoms with Crippen LogP contribution in [0.3, 0.4) is 0 Å².